The van der Waals surface area contributed by atoms with Crippen LogP contribution in [0.5, 0.6) is 0 Å². The number of aliphatic hydroxyl groups excluding tert-OH is 1. The van der Waals surface area contributed by atoms with Gasteiger partial charge in [0.15, 0.2) is 0 Å². The lowest BCUT2D eigenvalue weighted by molar-refractivity contribution is 0.0944. The van der Waals surface area contributed by atoms with Crippen molar-refractivity contribution < 1.29 is 9.90 Å². The van der Waals surface area contributed by atoms with Gasteiger partial charge < -0.3 is 15.4 Å². The Hall–Kier alpha value is -2.92. The Balaban J connectivity index is 1.69. The van der Waals surface area contributed by atoms with Crippen molar-refractivity contribution >= 4 is 16.8 Å². The molecule has 0 aliphatic carbocycles. The minimum Gasteiger partial charge on any atom is -0.388 e. The van der Waals surface area contributed by atoms with Crippen LogP contribution in [0.2, 0.25) is 0 Å². The monoisotopic (exact) mass is 322 g/mol. The lowest BCUT2D eigenvalue weighted by Crippen LogP contribution is -2.27. The zero-order valence-electron chi connectivity index (χ0n) is 13.0. The number of fused-ring (bicyclic) bond motifs is 1. The number of nitrogens with one attached hydrogen (secondary N) is 2. The van der Waals surface area contributed by atoms with Gasteiger partial charge in [0.05, 0.1) is 11.7 Å². The van der Waals surface area contributed by atoms with Crippen LogP contribution >= 0.6 is 0 Å². The van der Waals surface area contributed by atoms with Crippen molar-refractivity contribution in [3.05, 3.63) is 82.1 Å². The molecule has 3 rings (SSSR count). The number of hydrogen-bond donors (Lipinski definition) is 3. The van der Waals surface area contributed by atoms with Crippen LogP contribution in [0.3, 0.4) is 0 Å². The molecule has 3 N–H and O–H groups in total. The van der Waals surface area contributed by atoms with Crippen molar-refractivity contribution in [2.75, 3.05) is 6.54 Å². The fourth-order valence-electron chi connectivity index (χ4n) is 2.65. The smallest absolute Gasteiger partial charge is 0.252 e. The van der Waals surface area contributed by atoms with E-state index < -0.39 is 6.10 Å². The molecular weight excluding hydrogens is 304 g/mol. The predicted molar refractivity (Wildman–Crippen MR) is 92.9 cm³/mol. The molecule has 0 radical (unpaired) electrons. The normalized spacial score (nSPS) is 12.0. The van der Waals surface area contributed by atoms with Gasteiger partial charge in [-0.25, -0.2) is 0 Å². The van der Waals surface area contributed by atoms with Gasteiger partial charge in [-0.2, -0.15) is 0 Å². The van der Waals surface area contributed by atoms with Crippen LogP contribution in [-0.4, -0.2) is 22.5 Å². The molecule has 1 unspecified atom stereocenters. The van der Waals surface area contributed by atoms with Gasteiger partial charge in [-0.3, -0.25) is 9.59 Å². The van der Waals surface area contributed by atoms with E-state index in [0.29, 0.717) is 29.4 Å². The zero-order valence-corrected chi connectivity index (χ0v) is 13.0. The van der Waals surface area contributed by atoms with Gasteiger partial charge in [0, 0.05) is 23.5 Å². The van der Waals surface area contributed by atoms with E-state index in [1.807, 2.05) is 36.4 Å². The van der Waals surface area contributed by atoms with Crippen molar-refractivity contribution in [3.63, 3.8) is 0 Å². The summed E-state index contributed by atoms with van der Waals surface area (Å²) in [6.45, 7) is 0.315. The maximum atomic E-state index is 12.4. The zero-order chi connectivity index (χ0) is 16.9. The highest BCUT2D eigenvalue weighted by molar-refractivity contribution is 6.05. The van der Waals surface area contributed by atoms with Crippen LogP contribution in [0, 0.1) is 0 Å². The van der Waals surface area contributed by atoms with E-state index in [2.05, 4.69) is 10.3 Å². The molecule has 1 amide bonds. The van der Waals surface area contributed by atoms with Crippen molar-refractivity contribution in [2.24, 2.45) is 0 Å². The first-order valence-corrected chi connectivity index (χ1v) is 7.78. The quantitative estimate of drug-likeness (QED) is 0.674. The summed E-state index contributed by atoms with van der Waals surface area (Å²) in [7, 11) is 0. The average molecular weight is 322 g/mol. The summed E-state index contributed by atoms with van der Waals surface area (Å²) >= 11 is 0. The highest BCUT2D eigenvalue weighted by Gasteiger charge is 2.12. The Labute approximate surface area is 139 Å². The molecule has 1 atom stereocenters. The lowest BCUT2D eigenvalue weighted by atomic mass is 10.1. The maximum absolute atomic E-state index is 12.4. The molecule has 2 aromatic carbocycles. The SMILES string of the molecule is O=C(NCCC(O)c1ccccc1)c1cc(=O)[nH]c2ccccc12. The van der Waals surface area contributed by atoms with Crippen LogP contribution in [0.1, 0.15) is 28.4 Å². The molecule has 122 valence electrons. The molecule has 5 heteroatoms. The highest BCUT2D eigenvalue weighted by atomic mass is 16.3. The number of para-hydroxylation sites is 1. The number of carbonyl (C=O) groups is 1. The predicted octanol–water partition coefficient (Wildman–Crippen LogP) is 2.38. The lowest BCUT2D eigenvalue weighted by Gasteiger charge is -2.12. The number of carbonyl (C=O) groups excluding carboxylic acids is 1. The number of hydrogen-bond acceptors (Lipinski definition) is 3. The second-order valence-corrected chi connectivity index (χ2v) is 5.56. The van der Waals surface area contributed by atoms with E-state index >= 15 is 0 Å². The third-order valence-electron chi connectivity index (χ3n) is 3.88. The molecule has 3 aromatic rings. The van der Waals surface area contributed by atoms with Crippen molar-refractivity contribution in [2.45, 2.75) is 12.5 Å². The van der Waals surface area contributed by atoms with Crippen LogP contribution in [0.25, 0.3) is 10.9 Å². The highest BCUT2D eigenvalue weighted by Crippen LogP contribution is 2.16. The van der Waals surface area contributed by atoms with E-state index in [1.165, 1.54) is 6.07 Å². The van der Waals surface area contributed by atoms with Gasteiger partial charge in [-0.1, -0.05) is 48.5 Å². The minimum atomic E-state index is -0.637. The third kappa shape index (κ3) is 3.52. The van der Waals surface area contributed by atoms with Crippen molar-refractivity contribution in [1.82, 2.24) is 10.3 Å². The summed E-state index contributed by atoms with van der Waals surface area (Å²) in [6.07, 6.45) is -0.237. The molecule has 0 fully saturated rings. The summed E-state index contributed by atoms with van der Waals surface area (Å²) in [5.74, 6) is -0.322. The Morgan fingerprint density at radius 3 is 2.58 bits per heavy atom. The van der Waals surface area contributed by atoms with E-state index in [0.717, 1.165) is 5.56 Å². The van der Waals surface area contributed by atoms with E-state index in [4.69, 9.17) is 0 Å². The molecular formula is C19H18N2O3. The number of H-pyrrole nitrogens is 1. The molecule has 0 aliphatic rings. The summed E-state index contributed by atoms with van der Waals surface area (Å²) in [5.41, 5.74) is 1.46. The number of benzene rings is 2. The van der Waals surface area contributed by atoms with Crippen LogP contribution in [-0.2, 0) is 0 Å². The third-order valence-corrected chi connectivity index (χ3v) is 3.88. The second kappa shape index (κ2) is 7.10. The van der Waals surface area contributed by atoms with Crippen molar-refractivity contribution in [1.29, 1.82) is 0 Å². The summed E-state index contributed by atoms with van der Waals surface area (Å²) in [5, 5.41) is 13.6. The first-order valence-electron chi connectivity index (χ1n) is 7.78. The maximum Gasteiger partial charge on any atom is 0.252 e. The Bertz CT molecular complexity index is 903. The Morgan fingerprint density at radius 1 is 1.08 bits per heavy atom. The Morgan fingerprint density at radius 2 is 1.79 bits per heavy atom. The van der Waals surface area contributed by atoms with Gasteiger partial charge in [0.25, 0.3) is 5.91 Å². The van der Waals surface area contributed by atoms with Gasteiger partial charge in [0.2, 0.25) is 5.56 Å². The summed E-state index contributed by atoms with van der Waals surface area (Å²) in [4.78, 5) is 26.8. The van der Waals surface area contributed by atoms with Crippen LogP contribution in [0.4, 0.5) is 0 Å². The van der Waals surface area contributed by atoms with E-state index in [9.17, 15) is 14.7 Å². The standard InChI is InChI=1S/C19H18N2O3/c22-17(13-6-2-1-3-7-13)10-11-20-19(24)15-12-18(23)21-16-9-5-4-8-14(15)16/h1-9,12,17,22H,10-11H2,(H,20,24)(H,21,23). The van der Waals surface area contributed by atoms with Gasteiger partial charge in [0.1, 0.15) is 0 Å². The summed E-state index contributed by atoms with van der Waals surface area (Å²) < 4.78 is 0. The van der Waals surface area contributed by atoms with E-state index in [1.54, 1.807) is 18.2 Å². The molecule has 5 nitrogen and oxygen atoms in total. The number of pyridine rings is 1. The second-order valence-electron chi connectivity index (χ2n) is 5.56. The number of aromatic amines is 1. The molecule has 1 aromatic heterocycles. The molecule has 0 saturated carbocycles. The van der Waals surface area contributed by atoms with Crippen LogP contribution in [0.15, 0.2) is 65.5 Å². The molecule has 1 heterocycles. The molecule has 0 aliphatic heterocycles. The topological polar surface area (TPSA) is 82.2 Å². The van der Waals surface area contributed by atoms with Crippen LogP contribution < -0.4 is 10.9 Å². The van der Waals surface area contributed by atoms with Crippen molar-refractivity contribution in [3.8, 4) is 0 Å². The molecule has 0 saturated heterocycles. The fraction of sp³-hybridized carbons (Fsp3) is 0.158. The molecule has 0 bridgehead atoms. The number of aliphatic hydroxyl groups is 1. The summed E-state index contributed by atoms with van der Waals surface area (Å²) in [6, 6.07) is 17.8. The van der Waals surface area contributed by atoms with Gasteiger partial charge in [-0.15, -0.1) is 0 Å². The molecule has 24 heavy (non-hydrogen) atoms. The molecule has 0 spiro atoms. The largest absolute Gasteiger partial charge is 0.388 e. The number of rotatable bonds is 5. The first kappa shape index (κ1) is 16.0. The first-order chi connectivity index (χ1) is 11.6. The number of amides is 1. The van der Waals surface area contributed by atoms with Gasteiger partial charge in [-0.05, 0) is 18.1 Å². The Kier molecular flexibility index (Phi) is 4.72. The average Bonchev–Trinajstić information content (AvgIpc) is 2.61. The fourth-order valence-corrected chi connectivity index (χ4v) is 2.65. The minimum absolute atomic E-state index is 0.315. The van der Waals surface area contributed by atoms with E-state index in [-0.39, 0.29) is 11.5 Å². The number of aromatic nitrogens is 1. The van der Waals surface area contributed by atoms with Gasteiger partial charge >= 0.3 is 0 Å².